The number of imidazole rings is 1. The predicted octanol–water partition coefficient (Wildman–Crippen LogP) is 4.15. The lowest BCUT2D eigenvalue weighted by atomic mass is 10.0. The highest BCUT2D eigenvalue weighted by Gasteiger charge is 2.05. The molecule has 25 heavy (non-hydrogen) atoms. The first kappa shape index (κ1) is 16.2. The van der Waals surface area contributed by atoms with Crippen molar-refractivity contribution in [2.24, 2.45) is 0 Å². The summed E-state index contributed by atoms with van der Waals surface area (Å²) in [5.41, 5.74) is 5.49. The Morgan fingerprint density at radius 3 is 2.36 bits per heavy atom. The highest BCUT2D eigenvalue weighted by molar-refractivity contribution is 5.71. The fraction of sp³-hybridized carbons (Fsp3) is 0.0952. The van der Waals surface area contributed by atoms with E-state index in [-0.39, 0.29) is 0 Å². The minimum Gasteiger partial charge on any atom is -0.330 e. The van der Waals surface area contributed by atoms with E-state index in [1.165, 1.54) is 0 Å². The highest BCUT2D eigenvalue weighted by atomic mass is 15.0. The molecule has 0 aliphatic carbocycles. The number of aromatic nitrogens is 2. The van der Waals surface area contributed by atoms with Crippen molar-refractivity contribution in [3.8, 4) is 12.1 Å². The normalized spacial score (nSPS) is 10.5. The van der Waals surface area contributed by atoms with E-state index in [4.69, 9.17) is 5.26 Å². The Morgan fingerprint density at radius 1 is 1.00 bits per heavy atom. The van der Waals surface area contributed by atoms with Crippen molar-refractivity contribution in [1.82, 2.24) is 9.55 Å². The zero-order chi connectivity index (χ0) is 17.6. The number of nitrogens with zero attached hydrogens (tertiary/aromatic N) is 4. The Kier molecular flexibility index (Phi) is 4.74. The van der Waals surface area contributed by atoms with Crippen LogP contribution in [0, 0.1) is 29.6 Å². The Balaban J connectivity index is 1.92. The van der Waals surface area contributed by atoms with Gasteiger partial charge in [-0.05, 0) is 47.9 Å². The molecule has 0 saturated heterocycles. The van der Waals surface area contributed by atoms with Gasteiger partial charge in [-0.15, -0.1) is 0 Å². The average molecular weight is 324 g/mol. The summed E-state index contributed by atoms with van der Waals surface area (Å²) in [5, 5.41) is 18.0. The molecule has 4 heteroatoms. The van der Waals surface area contributed by atoms with Crippen LogP contribution in [-0.4, -0.2) is 9.55 Å². The van der Waals surface area contributed by atoms with Gasteiger partial charge in [0.25, 0.3) is 0 Å². The molecule has 0 aliphatic rings. The Hall–Kier alpha value is -3.63. The predicted molar refractivity (Wildman–Crippen MR) is 97.3 cm³/mol. The molecule has 3 rings (SSSR count). The van der Waals surface area contributed by atoms with Crippen LogP contribution in [0.25, 0.3) is 12.2 Å². The van der Waals surface area contributed by atoms with Crippen molar-refractivity contribution in [1.29, 1.82) is 10.5 Å². The summed E-state index contributed by atoms with van der Waals surface area (Å²) in [7, 11) is 0. The molecule has 0 fully saturated rings. The molecule has 4 nitrogen and oxygen atoms in total. The Labute approximate surface area is 146 Å². The second kappa shape index (κ2) is 7.29. The van der Waals surface area contributed by atoms with Gasteiger partial charge in [-0.3, -0.25) is 0 Å². The maximum atomic E-state index is 9.18. The third kappa shape index (κ3) is 3.83. The maximum Gasteiger partial charge on any atom is 0.0991 e. The van der Waals surface area contributed by atoms with Crippen molar-refractivity contribution >= 4 is 12.2 Å². The smallest absolute Gasteiger partial charge is 0.0991 e. The summed E-state index contributed by atoms with van der Waals surface area (Å²) in [6.07, 6.45) is 7.65. The SMILES string of the molecule is Cc1cncn1Cc1cc(C#N)ccc1/C=C\c1ccc(C#N)cc1. The lowest BCUT2D eigenvalue weighted by Gasteiger charge is -2.09. The van der Waals surface area contributed by atoms with Crippen LogP contribution in [0.5, 0.6) is 0 Å². The van der Waals surface area contributed by atoms with Gasteiger partial charge in [0.2, 0.25) is 0 Å². The van der Waals surface area contributed by atoms with Gasteiger partial charge in [0.15, 0.2) is 0 Å². The van der Waals surface area contributed by atoms with Gasteiger partial charge in [0.05, 0.1) is 29.6 Å². The standard InChI is InChI=1S/C21H16N4/c1-16-13-24-15-25(16)14-21-10-19(12-23)7-9-20(21)8-6-17-2-4-18(11-22)5-3-17/h2-10,13,15H,14H2,1H3/b8-6-. The molecule has 0 spiro atoms. The van der Waals surface area contributed by atoms with Crippen molar-refractivity contribution in [2.45, 2.75) is 13.5 Å². The number of hydrogen-bond acceptors (Lipinski definition) is 3. The molecule has 0 amide bonds. The summed E-state index contributed by atoms with van der Waals surface area (Å²) in [4.78, 5) is 4.15. The molecule has 0 radical (unpaired) electrons. The van der Waals surface area contributed by atoms with Gasteiger partial charge in [0.1, 0.15) is 0 Å². The van der Waals surface area contributed by atoms with Crippen molar-refractivity contribution in [3.05, 3.63) is 88.5 Å². The quantitative estimate of drug-likeness (QED) is 0.677. The first-order valence-electron chi connectivity index (χ1n) is 7.87. The van der Waals surface area contributed by atoms with E-state index in [1.807, 2.05) is 55.6 Å². The zero-order valence-electron chi connectivity index (χ0n) is 13.8. The zero-order valence-corrected chi connectivity index (χ0v) is 13.8. The van der Waals surface area contributed by atoms with Gasteiger partial charge in [0, 0.05) is 18.4 Å². The molecule has 0 atom stereocenters. The number of rotatable bonds is 4. The van der Waals surface area contributed by atoms with E-state index >= 15 is 0 Å². The minimum absolute atomic E-state index is 0.642. The van der Waals surface area contributed by atoms with Crippen LogP contribution in [0.2, 0.25) is 0 Å². The van der Waals surface area contributed by atoms with Crippen LogP contribution in [0.1, 0.15) is 33.5 Å². The van der Waals surface area contributed by atoms with E-state index < -0.39 is 0 Å². The van der Waals surface area contributed by atoms with Gasteiger partial charge in [-0.1, -0.05) is 30.4 Å². The van der Waals surface area contributed by atoms with Crippen molar-refractivity contribution in [3.63, 3.8) is 0 Å². The van der Waals surface area contributed by atoms with Crippen LogP contribution >= 0.6 is 0 Å². The lowest BCUT2D eigenvalue weighted by Crippen LogP contribution is -2.02. The van der Waals surface area contributed by atoms with Gasteiger partial charge in [-0.2, -0.15) is 10.5 Å². The number of nitriles is 2. The van der Waals surface area contributed by atoms with E-state index in [2.05, 4.69) is 21.7 Å². The molecule has 0 N–H and O–H groups in total. The van der Waals surface area contributed by atoms with E-state index in [9.17, 15) is 5.26 Å². The van der Waals surface area contributed by atoms with Gasteiger partial charge >= 0.3 is 0 Å². The summed E-state index contributed by atoms with van der Waals surface area (Å²) >= 11 is 0. The van der Waals surface area contributed by atoms with Crippen LogP contribution in [-0.2, 0) is 6.54 Å². The molecule has 0 saturated carbocycles. The average Bonchev–Trinajstić information content (AvgIpc) is 3.05. The largest absolute Gasteiger partial charge is 0.330 e. The molecule has 120 valence electrons. The lowest BCUT2D eigenvalue weighted by molar-refractivity contribution is 0.769. The second-order valence-electron chi connectivity index (χ2n) is 5.76. The van der Waals surface area contributed by atoms with Crippen LogP contribution in [0.3, 0.4) is 0 Å². The van der Waals surface area contributed by atoms with E-state index in [0.717, 1.165) is 22.4 Å². The highest BCUT2D eigenvalue weighted by Crippen LogP contribution is 2.18. The second-order valence-corrected chi connectivity index (χ2v) is 5.76. The third-order valence-corrected chi connectivity index (χ3v) is 4.03. The molecule has 1 aromatic heterocycles. The molecule has 3 aromatic rings. The first-order chi connectivity index (χ1) is 12.2. The molecule has 1 heterocycles. The van der Waals surface area contributed by atoms with Crippen LogP contribution < -0.4 is 0 Å². The summed E-state index contributed by atoms with van der Waals surface area (Å²) in [6.45, 7) is 2.67. The first-order valence-corrected chi connectivity index (χ1v) is 7.87. The Morgan fingerprint density at radius 2 is 1.72 bits per heavy atom. The molecule has 0 bridgehead atoms. The molecular formula is C21H16N4. The summed E-state index contributed by atoms with van der Waals surface area (Å²) in [6, 6.07) is 17.4. The maximum absolute atomic E-state index is 9.18. The van der Waals surface area contributed by atoms with Crippen LogP contribution in [0.4, 0.5) is 0 Å². The monoisotopic (exact) mass is 324 g/mol. The number of hydrogen-bond donors (Lipinski definition) is 0. The summed E-state index contributed by atoms with van der Waals surface area (Å²) < 4.78 is 2.05. The Bertz CT molecular complexity index is 996. The van der Waals surface area contributed by atoms with Gasteiger partial charge in [-0.25, -0.2) is 4.98 Å². The summed E-state index contributed by atoms with van der Waals surface area (Å²) in [5.74, 6) is 0. The molecule has 2 aromatic carbocycles. The van der Waals surface area contributed by atoms with Gasteiger partial charge < -0.3 is 4.57 Å². The van der Waals surface area contributed by atoms with Crippen LogP contribution in [0.15, 0.2) is 55.0 Å². The molecular weight excluding hydrogens is 308 g/mol. The topological polar surface area (TPSA) is 65.4 Å². The van der Waals surface area contributed by atoms with E-state index in [0.29, 0.717) is 17.7 Å². The van der Waals surface area contributed by atoms with E-state index in [1.54, 1.807) is 18.5 Å². The minimum atomic E-state index is 0.642. The molecule has 0 aliphatic heterocycles. The fourth-order valence-electron chi connectivity index (χ4n) is 2.57. The van der Waals surface area contributed by atoms with Crippen molar-refractivity contribution < 1.29 is 0 Å². The molecule has 0 unspecified atom stereocenters. The third-order valence-electron chi connectivity index (χ3n) is 4.03. The number of benzene rings is 2. The van der Waals surface area contributed by atoms with Crippen molar-refractivity contribution in [2.75, 3.05) is 0 Å². The fourth-order valence-corrected chi connectivity index (χ4v) is 2.57. The number of aryl methyl sites for hydroxylation is 1.